The number of guanidine groups is 1. The first-order valence-corrected chi connectivity index (χ1v) is 11.1. The zero-order valence-corrected chi connectivity index (χ0v) is 18.0. The highest BCUT2D eigenvalue weighted by atomic mass is 32.1. The molecule has 1 saturated heterocycles. The molecule has 1 aliphatic heterocycles. The number of unbranched alkanes of at least 4 members (excludes halogenated alkanes) is 1. The van der Waals surface area contributed by atoms with Gasteiger partial charge in [-0.1, -0.05) is 18.2 Å². The molecular formula is C22H33N5S. The Kier molecular flexibility index (Phi) is 8.18. The number of aliphatic imine (C=N–C) groups is 1. The van der Waals surface area contributed by atoms with Crippen molar-refractivity contribution in [2.24, 2.45) is 4.99 Å². The van der Waals surface area contributed by atoms with E-state index in [2.05, 4.69) is 74.8 Å². The van der Waals surface area contributed by atoms with Gasteiger partial charge in [-0.3, -0.25) is 9.89 Å². The lowest BCUT2D eigenvalue weighted by Crippen LogP contribution is -2.46. The summed E-state index contributed by atoms with van der Waals surface area (Å²) in [6.07, 6.45) is 2.39. The number of anilines is 1. The first kappa shape index (κ1) is 20.7. The van der Waals surface area contributed by atoms with Crippen LogP contribution < -0.4 is 15.5 Å². The second kappa shape index (κ2) is 11.1. The molecule has 5 nitrogen and oxygen atoms in total. The highest BCUT2D eigenvalue weighted by Crippen LogP contribution is 2.16. The number of benzene rings is 1. The minimum Gasteiger partial charge on any atom is -0.369 e. The van der Waals surface area contributed by atoms with Crippen LogP contribution in [0, 0.1) is 6.92 Å². The summed E-state index contributed by atoms with van der Waals surface area (Å²) in [7, 11) is 1.83. The molecule has 1 fully saturated rings. The lowest BCUT2D eigenvalue weighted by Gasteiger charge is -2.36. The molecule has 0 spiro atoms. The van der Waals surface area contributed by atoms with E-state index in [1.54, 1.807) is 0 Å². The molecule has 28 heavy (non-hydrogen) atoms. The van der Waals surface area contributed by atoms with Gasteiger partial charge in [0.25, 0.3) is 0 Å². The van der Waals surface area contributed by atoms with Gasteiger partial charge in [-0.2, -0.15) is 0 Å². The molecule has 0 radical (unpaired) electrons. The maximum atomic E-state index is 4.32. The largest absolute Gasteiger partial charge is 0.369 e. The lowest BCUT2D eigenvalue weighted by atomic mass is 10.2. The van der Waals surface area contributed by atoms with E-state index in [1.807, 2.05) is 18.4 Å². The zero-order valence-electron chi connectivity index (χ0n) is 17.2. The monoisotopic (exact) mass is 399 g/mol. The van der Waals surface area contributed by atoms with Crippen LogP contribution in [0.25, 0.3) is 0 Å². The molecule has 3 rings (SSSR count). The van der Waals surface area contributed by atoms with E-state index in [1.165, 1.54) is 28.4 Å². The predicted molar refractivity (Wildman–Crippen MR) is 122 cm³/mol. The van der Waals surface area contributed by atoms with Gasteiger partial charge in [-0.15, -0.1) is 11.3 Å². The van der Waals surface area contributed by atoms with Crippen LogP contribution in [0.4, 0.5) is 5.69 Å². The van der Waals surface area contributed by atoms with E-state index in [-0.39, 0.29) is 0 Å². The number of para-hydroxylation sites is 1. The number of hydrogen-bond donors (Lipinski definition) is 2. The summed E-state index contributed by atoms with van der Waals surface area (Å²) >= 11 is 1.83. The van der Waals surface area contributed by atoms with Gasteiger partial charge in [0.2, 0.25) is 0 Å². The zero-order chi connectivity index (χ0) is 19.6. The highest BCUT2D eigenvalue weighted by molar-refractivity contribution is 7.11. The Hall–Kier alpha value is -2.05. The number of rotatable bonds is 8. The lowest BCUT2D eigenvalue weighted by molar-refractivity contribution is 0.253. The van der Waals surface area contributed by atoms with Gasteiger partial charge in [-0.05, 0) is 50.6 Å². The first-order chi connectivity index (χ1) is 13.7. The van der Waals surface area contributed by atoms with E-state index in [9.17, 15) is 0 Å². The van der Waals surface area contributed by atoms with E-state index in [4.69, 9.17) is 0 Å². The van der Waals surface area contributed by atoms with Crippen molar-refractivity contribution in [3.63, 3.8) is 0 Å². The molecule has 0 atom stereocenters. The molecule has 1 aliphatic rings. The molecule has 0 amide bonds. The van der Waals surface area contributed by atoms with Gasteiger partial charge < -0.3 is 15.5 Å². The second-order valence-electron chi connectivity index (χ2n) is 7.24. The number of nitrogens with one attached hydrogen (secondary N) is 2. The quantitative estimate of drug-likeness (QED) is 0.406. The van der Waals surface area contributed by atoms with Crippen LogP contribution in [0.1, 0.15) is 22.6 Å². The number of hydrogen-bond acceptors (Lipinski definition) is 4. The Bertz CT molecular complexity index is 720. The van der Waals surface area contributed by atoms with Gasteiger partial charge in [0.15, 0.2) is 5.96 Å². The van der Waals surface area contributed by atoms with Crippen molar-refractivity contribution in [2.75, 3.05) is 51.2 Å². The topological polar surface area (TPSA) is 42.9 Å². The van der Waals surface area contributed by atoms with Crippen molar-refractivity contribution in [3.05, 3.63) is 52.2 Å². The molecule has 0 unspecified atom stereocenters. The Labute approximate surface area is 173 Å². The van der Waals surface area contributed by atoms with Crippen LogP contribution in [0.2, 0.25) is 0 Å². The van der Waals surface area contributed by atoms with Crippen molar-refractivity contribution in [3.8, 4) is 0 Å². The Morgan fingerprint density at radius 3 is 2.46 bits per heavy atom. The summed E-state index contributed by atoms with van der Waals surface area (Å²) in [4.78, 5) is 12.1. The summed E-state index contributed by atoms with van der Waals surface area (Å²) in [5.41, 5.74) is 1.35. The summed E-state index contributed by atoms with van der Waals surface area (Å²) in [6, 6.07) is 15.1. The van der Waals surface area contributed by atoms with Crippen LogP contribution in [0.5, 0.6) is 0 Å². The Balaban J connectivity index is 1.25. The van der Waals surface area contributed by atoms with Crippen molar-refractivity contribution in [1.29, 1.82) is 0 Å². The summed E-state index contributed by atoms with van der Waals surface area (Å²) in [5, 5.41) is 6.82. The third-order valence-corrected chi connectivity index (χ3v) is 6.14. The highest BCUT2D eigenvalue weighted by Gasteiger charge is 2.16. The normalized spacial score (nSPS) is 15.6. The van der Waals surface area contributed by atoms with Crippen molar-refractivity contribution >= 4 is 23.0 Å². The van der Waals surface area contributed by atoms with Crippen molar-refractivity contribution in [2.45, 2.75) is 26.3 Å². The maximum absolute atomic E-state index is 4.32. The number of nitrogens with zero attached hydrogens (tertiary/aromatic N) is 3. The van der Waals surface area contributed by atoms with E-state index < -0.39 is 0 Å². The minimum atomic E-state index is 0.837. The van der Waals surface area contributed by atoms with Gasteiger partial charge in [-0.25, -0.2) is 0 Å². The van der Waals surface area contributed by atoms with Crippen LogP contribution in [-0.2, 0) is 6.54 Å². The van der Waals surface area contributed by atoms with Crippen molar-refractivity contribution < 1.29 is 0 Å². The first-order valence-electron chi connectivity index (χ1n) is 10.3. The summed E-state index contributed by atoms with van der Waals surface area (Å²) < 4.78 is 0. The van der Waals surface area contributed by atoms with Crippen LogP contribution >= 0.6 is 11.3 Å². The van der Waals surface area contributed by atoms with Crippen LogP contribution in [-0.4, -0.2) is 57.2 Å². The standard InChI is InChI=1S/C22H33N5S/c1-19-10-11-21(28-19)18-25-22(23-2)24-12-6-7-13-26-14-16-27(17-15-26)20-8-4-3-5-9-20/h3-5,8-11H,6-7,12-18H2,1-2H3,(H2,23,24,25). The van der Waals surface area contributed by atoms with E-state index in [0.29, 0.717) is 0 Å². The molecule has 0 saturated carbocycles. The fourth-order valence-corrected chi connectivity index (χ4v) is 4.34. The van der Waals surface area contributed by atoms with Gasteiger partial charge in [0, 0.05) is 55.2 Å². The average Bonchev–Trinajstić information content (AvgIpc) is 3.16. The second-order valence-corrected chi connectivity index (χ2v) is 8.61. The average molecular weight is 400 g/mol. The molecule has 1 aromatic heterocycles. The molecule has 2 N–H and O–H groups in total. The number of piperazine rings is 1. The predicted octanol–water partition coefficient (Wildman–Crippen LogP) is 3.32. The van der Waals surface area contributed by atoms with Crippen LogP contribution in [0.3, 0.4) is 0 Å². The van der Waals surface area contributed by atoms with Gasteiger partial charge in [0.05, 0.1) is 6.54 Å². The fraction of sp³-hybridized carbons (Fsp3) is 0.500. The van der Waals surface area contributed by atoms with Gasteiger partial charge in [0.1, 0.15) is 0 Å². The summed E-state index contributed by atoms with van der Waals surface area (Å²) in [6.45, 7) is 9.70. The number of thiophene rings is 1. The molecular weight excluding hydrogens is 366 g/mol. The van der Waals surface area contributed by atoms with Crippen molar-refractivity contribution in [1.82, 2.24) is 15.5 Å². The van der Waals surface area contributed by atoms with Gasteiger partial charge >= 0.3 is 0 Å². The Morgan fingerprint density at radius 1 is 1.00 bits per heavy atom. The SMILES string of the molecule is CN=C(NCCCCN1CCN(c2ccccc2)CC1)NCc1ccc(C)s1. The smallest absolute Gasteiger partial charge is 0.191 e. The molecule has 2 heterocycles. The van der Waals surface area contributed by atoms with E-state index >= 15 is 0 Å². The van der Waals surface area contributed by atoms with E-state index in [0.717, 1.165) is 51.6 Å². The molecule has 1 aromatic carbocycles. The molecule has 2 aromatic rings. The fourth-order valence-electron chi connectivity index (χ4n) is 3.51. The third-order valence-electron chi connectivity index (χ3n) is 5.14. The Morgan fingerprint density at radius 2 is 1.79 bits per heavy atom. The molecule has 0 bridgehead atoms. The summed E-state index contributed by atoms with van der Waals surface area (Å²) in [5.74, 6) is 0.891. The van der Waals surface area contributed by atoms with Crippen LogP contribution in [0.15, 0.2) is 47.5 Å². The molecule has 152 valence electrons. The minimum absolute atomic E-state index is 0.837. The number of aryl methyl sites for hydroxylation is 1. The molecule has 0 aliphatic carbocycles. The maximum Gasteiger partial charge on any atom is 0.191 e. The molecule has 6 heteroatoms. The third kappa shape index (κ3) is 6.53.